The number of furan rings is 1. The van der Waals surface area contributed by atoms with Crippen molar-refractivity contribution in [1.29, 1.82) is 0 Å². The van der Waals surface area contributed by atoms with E-state index >= 15 is 0 Å². The van der Waals surface area contributed by atoms with Gasteiger partial charge in [0.15, 0.2) is 5.76 Å². The highest BCUT2D eigenvalue weighted by molar-refractivity contribution is 5.95. The molecule has 0 bridgehead atoms. The Hall–Kier alpha value is -1.05. The largest absolute Gasteiger partial charge is 0.461 e. The summed E-state index contributed by atoms with van der Waals surface area (Å²) in [6, 6.07) is 3.54. The van der Waals surface area contributed by atoms with Crippen LogP contribution >= 0.6 is 0 Å². The second-order valence-electron chi connectivity index (χ2n) is 4.30. The summed E-state index contributed by atoms with van der Waals surface area (Å²) in [5.74, 6) is 1.72. The highest BCUT2D eigenvalue weighted by Crippen LogP contribution is 2.30. The van der Waals surface area contributed by atoms with Crippen molar-refractivity contribution in [1.82, 2.24) is 0 Å². The molecule has 0 unspecified atom stereocenters. The van der Waals surface area contributed by atoms with E-state index < -0.39 is 0 Å². The molecule has 1 fully saturated rings. The Balaban J connectivity index is 1.99. The topological polar surface area (TPSA) is 30.2 Å². The summed E-state index contributed by atoms with van der Waals surface area (Å²) in [7, 11) is 0. The maximum absolute atomic E-state index is 11.9. The van der Waals surface area contributed by atoms with E-state index in [1.807, 2.05) is 0 Å². The zero-order valence-corrected chi connectivity index (χ0v) is 8.53. The molecule has 0 N–H and O–H groups in total. The molecule has 1 aliphatic carbocycles. The monoisotopic (exact) mass is 192 g/mol. The van der Waals surface area contributed by atoms with Gasteiger partial charge in [0.1, 0.15) is 0 Å². The lowest BCUT2D eigenvalue weighted by atomic mass is 9.80. The van der Waals surface area contributed by atoms with Crippen molar-refractivity contribution in [2.75, 3.05) is 0 Å². The quantitative estimate of drug-likeness (QED) is 0.673. The Morgan fingerprint density at radius 2 is 2.07 bits per heavy atom. The third kappa shape index (κ3) is 1.89. The van der Waals surface area contributed by atoms with Gasteiger partial charge in [-0.1, -0.05) is 19.8 Å². The Bertz CT molecular complexity index is 292. The number of carbonyl (C=O) groups is 1. The predicted molar refractivity (Wildman–Crippen MR) is 54.2 cm³/mol. The molecule has 2 nitrogen and oxygen atoms in total. The first-order valence-electron chi connectivity index (χ1n) is 5.35. The van der Waals surface area contributed by atoms with Gasteiger partial charge in [0, 0.05) is 5.92 Å². The smallest absolute Gasteiger partial charge is 0.201 e. The molecule has 1 heterocycles. The number of rotatable bonds is 2. The molecule has 1 aromatic rings. The van der Waals surface area contributed by atoms with E-state index in [1.54, 1.807) is 18.4 Å². The average Bonchev–Trinajstić information content (AvgIpc) is 2.71. The number of hydrogen-bond acceptors (Lipinski definition) is 2. The fraction of sp³-hybridized carbons (Fsp3) is 0.583. The summed E-state index contributed by atoms with van der Waals surface area (Å²) < 4.78 is 5.13. The number of carbonyl (C=O) groups excluding carboxylic acids is 1. The maximum Gasteiger partial charge on any atom is 0.201 e. The van der Waals surface area contributed by atoms with Gasteiger partial charge < -0.3 is 4.42 Å². The van der Waals surface area contributed by atoms with Crippen molar-refractivity contribution >= 4 is 5.78 Å². The molecule has 76 valence electrons. The Labute approximate surface area is 84.3 Å². The number of hydrogen-bond donors (Lipinski definition) is 0. The molecule has 0 saturated heterocycles. The minimum Gasteiger partial charge on any atom is -0.461 e. The summed E-state index contributed by atoms with van der Waals surface area (Å²) in [5.41, 5.74) is 0. The number of ketones is 1. The summed E-state index contributed by atoms with van der Waals surface area (Å²) in [6.45, 7) is 2.26. The maximum atomic E-state index is 11.9. The first-order chi connectivity index (χ1) is 6.77. The third-order valence-corrected chi connectivity index (χ3v) is 3.15. The van der Waals surface area contributed by atoms with Crippen molar-refractivity contribution in [2.45, 2.75) is 32.6 Å². The van der Waals surface area contributed by atoms with E-state index in [2.05, 4.69) is 6.92 Å². The van der Waals surface area contributed by atoms with Crippen LogP contribution in [0.15, 0.2) is 22.8 Å². The summed E-state index contributed by atoms with van der Waals surface area (Å²) in [5, 5.41) is 0. The lowest BCUT2D eigenvalue weighted by Gasteiger charge is -2.24. The molecule has 0 atom stereocenters. The Kier molecular flexibility index (Phi) is 2.71. The first-order valence-corrected chi connectivity index (χ1v) is 5.35. The van der Waals surface area contributed by atoms with Crippen LogP contribution in [0, 0.1) is 11.8 Å². The first kappa shape index (κ1) is 9.50. The van der Waals surface area contributed by atoms with E-state index in [0.29, 0.717) is 5.76 Å². The van der Waals surface area contributed by atoms with Crippen LogP contribution in [0.3, 0.4) is 0 Å². The van der Waals surface area contributed by atoms with E-state index in [1.165, 1.54) is 12.8 Å². The summed E-state index contributed by atoms with van der Waals surface area (Å²) in [6.07, 6.45) is 5.98. The van der Waals surface area contributed by atoms with Gasteiger partial charge in [-0.15, -0.1) is 0 Å². The van der Waals surface area contributed by atoms with Gasteiger partial charge in [-0.25, -0.2) is 0 Å². The molecule has 2 heteroatoms. The highest BCUT2D eigenvalue weighted by atomic mass is 16.3. The van der Waals surface area contributed by atoms with Gasteiger partial charge >= 0.3 is 0 Å². The molecular weight excluding hydrogens is 176 g/mol. The number of Topliss-reactive ketones (excluding diaryl/α,β-unsaturated/α-hetero) is 1. The van der Waals surface area contributed by atoms with Crippen LogP contribution in [-0.4, -0.2) is 5.78 Å². The van der Waals surface area contributed by atoms with Crippen LogP contribution in [0.25, 0.3) is 0 Å². The molecule has 0 aliphatic heterocycles. The molecule has 1 aromatic heterocycles. The van der Waals surface area contributed by atoms with Gasteiger partial charge in [-0.3, -0.25) is 4.79 Å². The zero-order valence-electron chi connectivity index (χ0n) is 8.53. The molecule has 1 saturated carbocycles. The molecule has 0 spiro atoms. The molecular formula is C12H16O2. The Morgan fingerprint density at radius 3 is 2.64 bits per heavy atom. The van der Waals surface area contributed by atoms with Crippen molar-refractivity contribution in [3.63, 3.8) is 0 Å². The van der Waals surface area contributed by atoms with E-state index in [9.17, 15) is 4.79 Å². The van der Waals surface area contributed by atoms with Crippen molar-refractivity contribution in [2.24, 2.45) is 11.8 Å². The average molecular weight is 192 g/mol. The lowest BCUT2D eigenvalue weighted by molar-refractivity contribution is 0.0846. The normalized spacial score (nSPS) is 27.5. The minimum atomic E-state index is 0.196. The van der Waals surface area contributed by atoms with Crippen molar-refractivity contribution in [3.05, 3.63) is 24.2 Å². The minimum absolute atomic E-state index is 0.196. The molecule has 0 radical (unpaired) electrons. The van der Waals surface area contributed by atoms with Gasteiger partial charge in [-0.05, 0) is 30.9 Å². The fourth-order valence-electron chi connectivity index (χ4n) is 2.14. The van der Waals surface area contributed by atoms with Crippen molar-refractivity contribution in [3.8, 4) is 0 Å². The zero-order chi connectivity index (χ0) is 9.97. The molecule has 0 aromatic carbocycles. The second-order valence-corrected chi connectivity index (χ2v) is 4.30. The van der Waals surface area contributed by atoms with Gasteiger partial charge in [0.25, 0.3) is 0 Å². The highest BCUT2D eigenvalue weighted by Gasteiger charge is 2.26. The van der Waals surface area contributed by atoms with Gasteiger partial charge in [0.2, 0.25) is 5.78 Å². The molecule has 1 aliphatic rings. The molecule has 14 heavy (non-hydrogen) atoms. The predicted octanol–water partition coefficient (Wildman–Crippen LogP) is 3.29. The molecule has 2 rings (SSSR count). The molecule has 0 amide bonds. The van der Waals surface area contributed by atoms with Gasteiger partial charge in [-0.2, -0.15) is 0 Å². The van der Waals surface area contributed by atoms with E-state index in [4.69, 9.17) is 4.42 Å². The van der Waals surface area contributed by atoms with E-state index in [0.717, 1.165) is 18.8 Å². The summed E-state index contributed by atoms with van der Waals surface area (Å²) in [4.78, 5) is 11.9. The SMILES string of the molecule is CC1CCC(C(=O)c2ccco2)CC1. The van der Waals surface area contributed by atoms with Crippen LogP contribution < -0.4 is 0 Å². The third-order valence-electron chi connectivity index (χ3n) is 3.15. The van der Waals surface area contributed by atoms with Crippen LogP contribution in [0.5, 0.6) is 0 Å². The fourth-order valence-corrected chi connectivity index (χ4v) is 2.14. The van der Waals surface area contributed by atoms with Crippen LogP contribution in [0.4, 0.5) is 0 Å². The second kappa shape index (κ2) is 3.99. The van der Waals surface area contributed by atoms with Crippen molar-refractivity contribution < 1.29 is 9.21 Å². The van der Waals surface area contributed by atoms with Gasteiger partial charge in [0.05, 0.1) is 6.26 Å². The van der Waals surface area contributed by atoms with Crippen LogP contribution in [-0.2, 0) is 0 Å². The summed E-state index contributed by atoms with van der Waals surface area (Å²) >= 11 is 0. The lowest BCUT2D eigenvalue weighted by Crippen LogP contribution is -2.20. The van der Waals surface area contributed by atoms with E-state index in [-0.39, 0.29) is 11.7 Å². The Morgan fingerprint density at radius 1 is 1.36 bits per heavy atom. The van der Waals surface area contributed by atoms with Crippen LogP contribution in [0.2, 0.25) is 0 Å². The standard InChI is InChI=1S/C12H16O2/c1-9-4-6-10(7-5-9)12(13)11-3-2-8-14-11/h2-3,8-10H,4-7H2,1H3. The van der Waals surface area contributed by atoms with Crippen LogP contribution in [0.1, 0.15) is 43.2 Å².